The molecule has 0 N–H and O–H groups in total. The molecule has 0 aliphatic heterocycles. The van der Waals surface area contributed by atoms with E-state index in [1.165, 1.54) is 32.4 Å². The molecule has 0 atom stereocenters. The molecule has 2 aromatic rings. The number of carbonyl (C=O) groups excluding carboxylic acids is 2. The molecule has 0 saturated carbocycles. The van der Waals surface area contributed by atoms with Gasteiger partial charge in [0.05, 0.1) is 14.2 Å². The van der Waals surface area contributed by atoms with Crippen LogP contribution in [0.2, 0.25) is 0 Å². The lowest BCUT2D eigenvalue weighted by molar-refractivity contribution is -0.137. The number of nitriles is 1. The van der Waals surface area contributed by atoms with Crippen LogP contribution in [0.25, 0.3) is 6.08 Å². The van der Waals surface area contributed by atoms with E-state index in [0.717, 1.165) is 5.56 Å². The molecule has 7 heteroatoms. The van der Waals surface area contributed by atoms with Crippen LogP contribution in [0, 0.1) is 11.3 Å². The first-order valence-electron chi connectivity index (χ1n) is 9.19. The van der Waals surface area contributed by atoms with Gasteiger partial charge in [-0.1, -0.05) is 32.0 Å². The lowest BCUT2D eigenvalue weighted by Crippen LogP contribution is -2.18. The van der Waals surface area contributed by atoms with E-state index in [1.807, 2.05) is 18.2 Å². The molecule has 0 heterocycles. The summed E-state index contributed by atoms with van der Waals surface area (Å²) in [5, 5.41) is 9.06. The Balaban J connectivity index is 2.08. The molecular formula is C23H23NO6. The molecule has 0 aromatic heterocycles. The zero-order chi connectivity index (χ0) is 22.1. The Labute approximate surface area is 175 Å². The van der Waals surface area contributed by atoms with Gasteiger partial charge in [-0.15, -0.1) is 0 Å². The Hall–Kier alpha value is -3.79. The second kappa shape index (κ2) is 10.7. The van der Waals surface area contributed by atoms with E-state index in [1.54, 1.807) is 18.2 Å². The number of hydrogen-bond donors (Lipinski definition) is 0. The molecule has 0 aliphatic rings. The van der Waals surface area contributed by atoms with Gasteiger partial charge in [0.1, 0.15) is 17.4 Å². The summed E-state index contributed by atoms with van der Waals surface area (Å²) in [6.45, 7) is 3.87. The number of carbonyl (C=O) groups is 2. The fourth-order valence-corrected chi connectivity index (χ4v) is 2.53. The maximum absolute atomic E-state index is 12.2. The van der Waals surface area contributed by atoms with Crippen LogP contribution in [0.1, 0.15) is 30.9 Å². The van der Waals surface area contributed by atoms with E-state index >= 15 is 0 Å². The number of hydrogen-bond acceptors (Lipinski definition) is 7. The minimum absolute atomic E-state index is 0.165. The fraction of sp³-hybridized carbons (Fsp3) is 0.261. The molecule has 0 spiro atoms. The predicted molar refractivity (Wildman–Crippen MR) is 110 cm³/mol. The Bertz CT molecular complexity index is 987. The van der Waals surface area contributed by atoms with Gasteiger partial charge in [-0.25, -0.2) is 9.59 Å². The highest BCUT2D eigenvalue weighted by Gasteiger charge is 2.14. The zero-order valence-corrected chi connectivity index (χ0v) is 17.3. The normalized spacial score (nSPS) is 10.9. The summed E-state index contributed by atoms with van der Waals surface area (Å²) in [5.74, 6) is 0.0387. The molecule has 30 heavy (non-hydrogen) atoms. The smallest absolute Gasteiger partial charge is 0.349 e. The van der Waals surface area contributed by atoms with Crippen LogP contribution in [0.4, 0.5) is 0 Å². The summed E-state index contributed by atoms with van der Waals surface area (Å²) in [7, 11) is 2.61. The summed E-state index contributed by atoms with van der Waals surface area (Å²) in [6, 6.07) is 13.9. The number of ether oxygens (including phenoxy) is 4. The Morgan fingerprint density at radius 3 is 2.50 bits per heavy atom. The fourth-order valence-electron chi connectivity index (χ4n) is 2.53. The van der Waals surface area contributed by atoms with Gasteiger partial charge in [0, 0.05) is 0 Å². The average Bonchev–Trinajstić information content (AvgIpc) is 2.76. The van der Waals surface area contributed by atoms with Crippen LogP contribution >= 0.6 is 0 Å². The highest BCUT2D eigenvalue weighted by molar-refractivity contribution is 5.97. The van der Waals surface area contributed by atoms with E-state index in [-0.39, 0.29) is 23.7 Å². The predicted octanol–water partition coefficient (Wildman–Crippen LogP) is 3.88. The third-order valence-corrected chi connectivity index (χ3v) is 4.13. The van der Waals surface area contributed by atoms with Gasteiger partial charge in [0.25, 0.3) is 0 Å². The van der Waals surface area contributed by atoms with Crippen molar-refractivity contribution in [2.75, 3.05) is 20.8 Å². The number of esters is 2. The summed E-state index contributed by atoms with van der Waals surface area (Å²) < 4.78 is 20.6. The first kappa shape index (κ1) is 22.5. The SMILES string of the molecule is COC(=O)/C(C#N)=C/c1ccc(OC(=O)COc2cccc(C(C)C)c2)c(OC)c1. The van der Waals surface area contributed by atoms with E-state index in [0.29, 0.717) is 17.2 Å². The largest absolute Gasteiger partial charge is 0.493 e. The van der Waals surface area contributed by atoms with Crippen molar-refractivity contribution in [3.05, 3.63) is 59.2 Å². The summed E-state index contributed by atoms with van der Waals surface area (Å²) in [5.41, 5.74) is 1.45. The van der Waals surface area contributed by atoms with Gasteiger partial charge in [0.15, 0.2) is 18.1 Å². The van der Waals surface area contributed by atoms with Crippen molar-refractivity contribution in [3.8, 4) is 23.3 Å². The summed E-state index contributed by atoms with van der Waals surface area (Å²) in [4.78, 5) is 23.7. The molecule has 2 aromatic carbocycles. The number of benzene rings is 2. The van der Waals surface area contributed by atoms with Gasteiger partial charge in [-0.05, 0) is 47.4 Å². The van der Waals surface area contributed by atoms with E-state index in [9.17, 15) is 9.59 Å². The van der Waals surface area contributed by atoms with Gasteiger partial charge in [-0.2, -0.15) is 5.26 Å². The van der Waals surface area contributed by atoms with Gasteiger partial charge >= 0.3 is 11.9 Å². The van der Waals surface area contributed by atoms with Crippen LogP contribution < -0.4 is 14.2 Å². The first-order chi connectivity index (χ1) is 14.4. The first-order valence-corrected chi connectivity index (χ1v) is 9.19. The van der Waals surface area contributed by atoms with E-state index in [4.69, 9.17) is 19.5 Å². The summed E-state index contributed by atoms with van der Waals surface area (Å²) in [6.07, 6.45) is 1.35. The minimum Gasteiger partial charge on any atom is -0.493 e. The van der Waals surface area contributed by atoms with E-state index in [2.05, 4.69) is 18.6 Å². The van der Waals surface area contributed by atoms with Crippen molar-refractivity contribution in [3.63, 3.8) is 0 Å². The van der Waals surface area contributed by atoms with Crippen molar-refractivity contribution < 1.29 is 28.5 Å². The number of rotatable bonds is 8. The Morgan fingerprint density at radius 2 is 1.87 bits per heavy atom. The van der Waals surface area contributed by atoms with Crippen LogP contribution in [0.3, 0.4) is 0 Å². The van der Waals surface area contributed by atoms with Crippen molar-refractivity contribution >= 4 is 18.0 Å². The second-order valence-electron chi connectivity index (χ2n) is 6.56. The highest BCUT2D eigenvalue weighted by Crippen LogP contribution is 2.29. The topological polar surface area (TPSA) is 94.9 Å². The van der Waals surface area contributed by atoms with Crippen LogP contribution in [-0.2, 0) is 14.3 Å². The lowest BCUT2D eigenvalue weighted by atomic mass is 10.0. The minimum atomic E-state index is -0.745. The Morgan fingerprint density at radius 1 is 1.10 bits per heavy atom. The van der Waals surface area contributed by atoms with Gasteiger partial charge in [-0.3, -0.25) is 0 Å². The van der Waals surface area contributed by atoms with Gasteiger partial charge < -0.3 is 18.9 Å². The monoisotopic (exact) mass is 409 g/mol. The quantitative estimate of drug-likeness (QED) is 0.283. The standard InChI is InChI=1S/C23H23NO6/c1-15(2)17-6-5-7-19(12-17)29-14-22(25)30-20-9-8-16(11-21(20)27-3)10-18(13-24)23(26)28-4/h5-12,15H,14H2,1-4H3/b18-10+. The number of methoxy groups -OCH3 is 2. The molecule has 0 fully saturated rings. The molecule has 0 unspecified atom stereocenters. The third kappa shape index (κ3) is 6.11. The molecule has 0 amide bonds. The van der Waals surface area contributed by atoms with Gasteiger partial charge in [0.2, 0.25) is 0 Å². The van der Waals surface area contributed by atoms with Crippen LogP contribution in [0.5, 0.6) is 17.2 Å². The van der Waals surface area contributed by atoms with Crippen LogP contribution in [0.15, 0.2) is 48.0 Å². The molecule has 156 valence electrons. The maximum atomic E-state index is 12.2. The van der Waals surface area contributed by atoms with Crippen molar-refractivity contribution in [1.29, 1.82) is 5.26 Å². The molecule has 2 rings (SSSR count). The molecule has 0 bridgehead atoms. The van der Waals surface area contributed by atoms with E-state index < -0.39 is 11.9 Å². The maximum Gasteiger partial charge on any atom is 0.349 e. The number of nitrogens with zero attached hydrogens (tertiary/aromatic N) is 1. The highest BCUT2D eigenvalue weighted by atomic mass is 16.6. The van der Waals surface area contributed by atoms with Crippen molar-refractivity contribution in [2.24, 2.45) is 0 Å². The Kier molecular flexibility index (Phi) is 8.00. The zero-order valence-electron chi connectivity index (χ0n) is 17.3. The lowest BCUT2D eigenvalue weighted by Gasteiger charge is -2.12. The molecule has 7 nitrogen and oxygen atoms in total. The molecule has 0 radical (unpaired) electrons. The second-order valence-corrected chi connectivity index (χ2v) is 6.56. The van der Waals surface area contributed by atoms with Crippen molar-refractivity contribution in [2.45, 2.75) is 19.8 Å². The molecular weight excluding hydrogens is 386 g/mol. The third-order valence-electron chi connectivity index (χ3n) is 4.13. The molecule has 0 aliphatic carbocycles. The summed E-state index contributed by atoms with van der Waals surface area (Å²) >= 11 is 0. The van der Waals surface area contributed by atoms with Crippen molar-refractivity contribution in [1.82, 2.24) is 0 Å². The average molecular weight is 409 g/mol. The van der Waals surface area contributed by atoms with Crippen LogP contribution in [-0.4, -0.2) is 32.8 Å². The molecule has 0 saturated heterocycles.